The maximum absolute atomic E-state index is 12.6. The number of rotatable bonds is 7. The molecule has 146 valence electrons. The van der Waals surface area contributed by atoms with Crippen LogP contribution in [-0.2, 0) is 11.3 Å². The van der Waals surface area contributed by atoms with Crippen LogP contribution in [0.4, 0.5) is 5.69 Å². The van der Waals surface area contributed by atoms with Gasteiger partial charge in [0.1, 0.15) is 5.76 Å². The van der Waals surface area contributed by atoms with Crippen molar-refractivity contribution >= 4 is 46.6 Å². The summed E-state index contributed by atoms with van der Waals surface area (Å²) < 4.78 is 7.26. The van der Waals surface area contributed by atoms with Crippen LogP contribution in [0.25, 0.3) is 11.4 Å². The number of furan rings is 1. The molecule has 1 aromatic carbocycles. The van der Waals surface area contributed by atoms with Crippen molar-refractivity contribution in [3.8, 4) is 11.4 Å². The van der Waals surface area contributed by atoms with Crippen LogP contribution in [0, 0.1) is 6.92 Å². The predicted octanol–water partition coefficient (Wildman–Crippen LogP) is 5.46. The van der Waals surface area contributed by atoms with E-state index in [1.54, 1.807) is 37.5 Å². The Morgan fingerprint density at radius 3 is 2.86 bits per heavy atom. The Morgan fingerprint density at radius 1 is 1.39 bits per heavy atom. The first-order valence-electron chi connectivity index (χ1n) is 8.41. The van der Waals surface area contributed by atoms with E-state index in [0.29, 0.717) is 33.3 Å². The zero-order chi connectivity index (χ0) is 20.3. The summed E-state index contributed by atoms with van der Waals surface area (Å²) >= 11 is 13.4. The van der Waals surface area contributed by atoms with Gasteiger partial charge in [-0.2, -0.15) is 0 Å². The van der Waals surface area contributed by atoms with Gasteiger partial charge in [0.15, 0.2) is 11.0 Å². The number of carbonyl (C=O) groups excluding carboxylic acids is 1. The number of anilines is 1. The number of thioether (sulfide) groups is 1. The molecule has 6 nitrogen and oxygen atoms in total. The lowest BCUT2D eigenvalue weighted by molar-refractivity contribution is -0.115. The van der Waals surface area contributed by atoms with E-state index in [1.807, 2.05) is 17.6 Å². The van der Waals surface area contributed by atoms with Crippen LogP contribution in [-0.4, -0.2) is 25.9 Å². The van der Waals surface area contributed by atoms with Gasteiger partial charge in [-0.25, -0.2) is 0 Å². The topological polar surface area (TPSA) is 73.0 Å². The normalized spacial score (nSPS) is 12.0. The maximum atomic E-state index is 12.6. The molecule has 0 spiro atoms. The molecule has 0 saturated heterocycles. The Bertz CT molecular complexity index is 1020. The third-order valence-electron chi connectivity index (χ3n) is 3.97. The van der Waals surface area contributed by atoms with E-state index in [0.717, 1.165) is 11.3 Å². The molecule has 0 aliphatic carbocycles. The average Bonchev–Trinajstić information content (AvgIpc) is 3.24. The molecule has 28 heavy (non-hydrogen) atoms. The van der Waals surface area contributed by atoms with Gasteiger partial charge < -0.3 is 9.73 Å². The van der Waals surface area contributed by atoms with E-state index in [1.165, 1.54) is 11.8 Å². The van der Waals surface area contributed by atoms with E-state index >= 15 is 0 Å². The fourth-order valence-electron chi connectivity index (χ4n) is 2.53. The first-order chi connectivity index (χ1) is 13.4. The molecule has 0 aliphatic rings. The van der Waals surface area contributed by atoms with Crippen LogP contribution in [0.15, 0.2) is 52.8 Å². The second-order valence-corrected chi connectivity index (χ2v) is 8.12. The summed E-state index contributed by atoms with van der Waals surface area (Å²) in [6, 6.07) is 6.75. The number of aromatic nitrogens is 3. The number of hydrogen-bond acceptors (Lipinski definition) is 5. The number of amides is 1. The molecule has 1 atom stereocenters. The molecule has 3 rings (SSSR count). The SMILES string of the molecule is C=CCn1c(SC(C)C(=O)Nc2cc(Cl)ccc2Cl)nnc1-c1ccoc1C. The van der Waals surface area contributed by atoms with Crippen LogP contribution in [0.5, 0.6) is 0 Å². The van der Waals surface area contributed by atoms with Gasteiger partial charge in [-0.1, -0.05) is 41.0 Å². The van der Waals surface area contributed by atoms with Crippen LogP contribution >= 0.6 is 35.0 Å². The molecular formula is C19H18Cl2N4O2S. The second kappa shape index (κ2) is 8.86. The Labute approximate surface area is 176 Å². The van der Waals surface area contributed by atoms with Crippen LogP contribution < -0.4 is 5.32 Å². The monoisotopic (exact) mass is 436 g/mol. The van der Waals surface area contributed by atoms with Gasteiger partial charge in [-0.05, 0) is 38.1 Å². The van der Waals surface area contributed by atoms with Crippen LogP contribution in [0.1, 0.15) is 12.7 Å². The Morgan fingerprint density at radius 2 is 2.18 bits per heavy atom. The molecule has 9 heteroatoms. The van der Waals surface area contributed by atoms with Crippen molar-refractivity contribution in [2.75, 3.05) is 5.32 Å². The molecule has 0 aliphatic heterocycles. The summed E-state index contributed by atoms with van der Waals surface area (Å²) in [6.07, 6.45) is 3.36. The summed E-state index contributed by atoms with van der Waals surface area (Å²) in [6.45, 7) is 7.94. The highest BCUT2D eigenvalue weighted by molar-refractivity contribution is 8.00. The average molecular weight is 437 g/mol. The molecule has 2 aromatic heterocycles. The van der Waals surface area contributed by atoms with Gasteiger partial charge in [0, 0.05) is 11.6 Å². The molecule has 0 fully saturated rings. The number of carbonyl (C=O) groups is 1. The summed E-state index contributed by atoms with van der Waals surface area (Å²) in [5.41, 5.74) is 1.32. The summed E-state index contributed by atoms with van der Waals surface area (Å²) in [5, 5.41) is 12.4. The Kier molecular flexibility index (Phi) is 6.49. The zero-order valence-corrected chi connectivity index (χ0v) is 17.6. The summed E-state index contributed by atoms with van der Waals surface area (Å²) in [5.74, 6) is 1.19. The number of allylic oxidation sites excluding steroid dienone is 1. The van der Waals surface area contributed by atoms with E-state index in [4.69, 9.17) is 27.6 Å². The van der Waals surface area contributed by atoms with E-state index in [9.17, 15) is 4.79 Å². The molecule has 1 unspecified atom stereocenters. The number of benzene rings is 1. The van der Waals surface area contributed by atoms with Gasteiger partial charge in [0.05, 0.1) is 27.8 Å². The molecule has 3 aromatic rings. The van der Waals surface area contributed by atoms with E-state index < -0.39 is 5.25 Å². The highest BCUT2D eigenvalue weighted by atomic mass is 35.5. The lowest BCUT2D eigenvalue weighted by Gasteiger charge is -2.13. The number of halogens is 2. The molecule has 1 amide bonds. The minimum Gasteiger partial charge on any atom is -0.469 e. The molecule has 2 heterocycles. The fourth-order valence-corrected chi connectivity index (χ4v) is 3.72. The third kappa shape index (κ3) is 4.43. The minimum absolute atomic E-state index is 0.219. The van der Waals surface area contributed by atoms with Crippen molar-refractivity contribution in [3.63, 3.8) is 0 Å². The van der Waals surface area contributed by atoms with Gasteiger partial charge in [0.25, 0.3) is 0 Å². The van der Waals surface area contributed by atoms with Gasteiger partial charge in [0.2, 0.25) is 5.91 Å². The molecule has 1 N–H and O–H groups in total. The predicted molar refractivity (Wildman–Crippen MR) is 113 cm³/mol. The quantitative estimate of drug-likeness (QED) is 0.393. The highest BCUT2D eigenvalue weighted by Gasteiger charge is 2.22. The van der Waals surface area contributed by atoms with Crippen LogP contribution in [0.3, 0.4) is 0 Å². The Hall–Kier alpha value is -2.22. The first kappa shape index (κ1) is 20.5. The largest absolute Gasteiger partial charge is 0.469 e. The molecule has 0 radical (unpaired) electrons. The third-order valence-corrected chi connectivity index (χ3v) is 5.61. The minimum atomic E-state index is -0.443. The molecule has 0 saturated carbocycles. The van der Waals surface area contributed by atoms with Crippen molar-refractivity contribution in [1.29, 1.82) is 0 Å². The number of nitrogens with zero attached hydrogens (tertiary/aromatic N) is 3. The lowest BCUT2D eigenvalue weighted by Crippen LogP contribution is -2.23. The summed E-state index contributed by atoms with van der Waals surface area (Å²) in [4.78, 5) is 12.6. The smallest absolute Gasteiger partial charge is 0.237 e. The van der Waals surface area contributed by atoms with Crippen molar-refractivity contribution in [2.24, 2.45) is 0 Å². The first-order valence-corrected chi connectivity index (χ1v) is 10.1. The lowest BCUT2D eigenvalue weighted by atomic mass is 10.2. The zero-order valence-electron chi connectivity index (χ0n) is 15.3. The van der Waals surface area contributed by atoms with Gasteiger partial charge in [-0.15, -0.1) is 16.8 Å². The standard InChI is InChI=1S/C19H18Cl2N4O2S/c1-4-8-25-17(14-7-9-27-11(14)2)23-24-19(25)28-12(3)18(26)22-16-10-13(20)5-6-15(16)21/h4-7,9-10,12H,1,8H2,2-3H3,(H,22,26). The van der Waals surface area contributed by atoms with Gasteiger partial charge in [-0.3, -0.25) is 9.36 Å². The number of aryl methyl sites for hydroxylation is 1. The van der Waals surface area contributed by atoms with Gasteiger partial charge >= 0.3 is 0 Å². The van der Waals surface area contributed by atoms with E-state index in [2.05, 4.69) is 22.1 Å². The maximum Gasteiger partial charge on any atom is 0.237 e. The van der Waals surface area contributed by atoms with Crippen molar-refractivity contribution in [1.82, 2.24) is 14.8 Å². The number of nitrogens with one attached hydrogen (secondary N) is 1. The van der Waals surface area contributed by atoms with Crippen molar-refractivity contribution in [3.05, 3.63) is 59.0 Å². The Balaban J connectivity index is 1.80. The number of hydrogen-bond donors (Lipinski definition) is 1. The van der Waals surface area contributed by atoms with E-state index in [-0.39, 0.29) is 5.91 Å². The summed E-state index contributed by atoms with van der Waals surface area (Å²) in [7, 11) is 0. The second-order valence-electron chi connectivity index (χ2n) is 5.97. The van der Waals surface area contributed by atoms with Crippen LogP contribution in [0.2, 0.25) is 10.0 Å². The van der Waals surface area contributed by atoms with Crippen molar-refractivity contribution < 1.29 is 9.21 Å². The molecule has 0 bridgehead atoms. The van der Waals surface area contributed by atoms with Crippen molar-refractivity contribution in [2.45, 2.75) is 30.8 Å². The molecular weight excluding hydrogens is 419 g/mol. The fraction of sp³-hybridized carbons (Fsp3) is 0.211. The highest BCUT2D eigenvalue weighted by Crippen LogP contribution is 2.30.